The van der Waals surface area contributed by atoms with Crippen LogP contribution in [0.4, 0.5) is 11.5 Å². The van der Waals surface area contributed by atoms with Crippen molar-refractivity contribution in [2.45, 2.75) is 0 Å². The zero-order valence-electron chi connectivity index (χ0n) is 13.4. The molecule has 0 saturated carbocycles. The highest BCUT2D eigenvalue weighted by Gasteiger charge is 2.14. The number of para-hydroxylation sites is 1. The molecule has 7 heteroatoms. The van der Waals surface area contributed by atoms with Crippen LogP contribution in [0.1, 0.15) is 0 Å². The van der Waals surface area contributed by atoms with Gasteiger partial charge in [0, 0.05) is 22.7 Å². The smallest absolute Gasteiger partial charge is 0.159 e. The molecule has 0 aliphatic rings. The number of pyridine rings is 1. The van der Waals surface area contributed by atoms with E-state index in [1.54, 1.807) is 13.4 Å². The van der Waals surface area contributed by atoms with Crippen molar-refractivity contribution in [1.82, 2.24) is 25.1 Å². The molecule has 0 spiro atoms. The molecule has 0 bridgehead atoms. The second kappa shape index (κ2) is 5.20. The first-order valence-corrected chi connectivity index (χ1v) is 7.84. The summed E-state index contributed by atoms with van der Waals surface area (Å²) >= 11 is 0. The Labute approximate surface area is 142 Å². The van der Waals surface area contributed by atoms with Gasteiger partial charge in [0.15, 0.2) is 5.82 Å². The summed E-state index contributed by atoms with van der Waals surface area (Å²) in [6, 6.07) is 11.8. The molecule has 5 aromatic rings. The fraction of sp³-hybridized carbons (Fsp3) is 0.0556. The number of rotatable bonds is 3. The molecular weight excluding hydrogens is 316 g/mol. The first kappa shape index (κ1) is 13.8. The molecule has 0 saturated heterocycles. The quantitative estimate of drug-likeness (QED) is 0.469. The minimum atomic E-state index is 0.670. The maximum atomic E-state index is 5.47. The van der Waals surface area contributed by atoms with Gasteiger partial charge in [0.2, 0.25) is 0 Å². The predicted molar refractivity (Wildman–Crippen MR) is 97.3 cm³/mol. The lowest BCUT2D eigenvalue weighted by Crippen LogP contribution is -1.97. The fourth-order valence-corrected chi connectivity index (χ4v) is 3.09. The second-order valence-electron chi connectivity index (χ2n) is 5.72. The summed E-state index contributed by atoms with van der Waals surface area (Å²) in [5, 5.41) is 12.6. The standard InChI is InChI=1S/C18H14N6O/c1-25-15-4-2-3-11-12-8-21-24-17(12)18(23-16(11)15)22-10-5-6-13-14(7-10)20-9-19-13/h2-9H,1H3,(H,19,20)(H,21,24)(H,22,23). The fourth-order valence-electron chi connectivity index (χ4n) is 3.09. The summed E-state index contributed by atoms with van der Waals surface area (Å²) < 4.78 is 5.47. The van der Waals surface area contributed by atoms with Crippen molar-refractivity contribution in [1.29, 1.82) is 0 Å². The topological polar surface area (TPSA) is 91.5 Å². The molecule has 0 radical (unpaired) electrons. The molecule has 0 aliphatic carbocycles. The summed E-state index contributed by atoms with van der Waals surface area (Å²) in [6.45, 7) is 0. The van der Waals surface area contributed by atoms with Crippen LogP contribution in [0.3, 0.4) is 0 Å². The second-order valence-corrected chi connectivity index (χ2v) is 5.72. The van der Waals surface area contributed by atoms with Crippen LogP contribution < -0.4 is 10.1 Å². The molecule has 3 N–H and O–H groups in total. The van der Waals surface area contributed by atoms with Crippen LogP contribution in [-0.4, -0.2) is 32.3 Å². The van der Waals surface area contributed by atoms with Crippen molar-refractivity contribution in [2.75, 3.05) is 12.4 Å². The maximum absolute atomic E-state index is 5.47. The first-order valence-electron chi connectivity index (χ1n) is 7.84. The summed E-state index contributed by atoms with van der Waals surface area (Å²) in [4.78, 5) is 12.1. The predicted octanol–water partition coefficient (Wildman–Crippen LogP) is 3.74. The van der Waals surface area contributed by atoms with Gasteiger partial charge in [0.1, 0.15) is 16.8 Å². The SMILES string of the molecule is COc1cccc2c1nc(Nc1ccc3[nH]cnc3c1)c1n[nH]cc12. The maximum Gasteiger partial charge on any atom is 0.159 e. The highest BCUT2D eigenvalue weighted by Crippen LogP contribution is 2.33. The van der Waals surface area contributed by atoms with Crippen LogP contribution in [0.2, 0.25) is 0 Å². The van der Waals surface area contributed by atoms with E-state index in [2.05, 4.69) is 25.5 Å². The number of methoxy groups -OCH3 is 1. The molecule has 0 atom stereocenters. The van der Waals surface area contributed by atoms with E-state index >= 15 is 0 Å². The molecule has 7 nitrogen and oxygen atoms in total. The van der Waals surface area contributed by atoms with Crippen LogP contribution in [0.15, 0.2) is 48.9 Å². The molecule has 0 unspecified atom stereocenters. The zero-order chi connectivity index (χ0) is 16.8. The van der Waals surface area contributed by atoms with E-state index in [0.29, 0.717) is 5.82 Å². The van der Waals surface area contributed by atoms with Gasteiger partial charge in [-0.1, -0.05) is 12.1 Å². The number of nitrogens with one attached hydrogen (secondary N) is 3. The highest BCUT2D eigenvalue weighted by atomic mass is 16.5. The minimum absolute atomic E-state index is 0.670. The van der Waals surface area contributed by atoms with Crippen LogP contribution in [0.5, 0.6) is 5.75 Å². The van der Waals surface area contributed by atoms with Gasteiger partial charge < -0.3 is 15.0 Å². The van der Waals surface area contributed by atoms with Crippen LogP contribution in [0, 0.1) is 0 Å². The number of imidazole rings is 1. The first-order chi connectivity index (χ1) is 12.3. The largest absolute Gasteiger partial charge is 0.494 e. The van der Waals surface area contributed by atoms with E-state index in [1.807, 2.05) is 42.6 Å². The number of hydrogen-bond donors (Lipinski definition) is 3. The molecule has 2 aromatic carbocycles. The molecule has 5 rings (SSSR count). The number of ether oxygens (including phenoxy) is 1. The van der Waals surface area contributed by atoms with Gasteiger partial charge >= 0.3 is 0 Å². The van der Waals surface area contributed by atoms with Gasteiger partial charge in [-0.15, -0.1) is 0 Å². The van der Waals surface area contributed by atoms with Gasteiger partial charge in [-0.05, 0) is 24.3 Å². The average molecular weight is 330 g/mol. The zero-order valence-corrected chi connectivity index (χ0v) is 13.4. The Morgan fingerprint density at radius 2 is 2.04 bits per heavy atom. The highest BCUT2D eigenvalue weighted by molar-refractivity contribution is 6.10. The molecule has 0 aliphatic heterocycles. The molecule has 3 heterocycles. The lowest BCUT2D eigenvalue weighted by Gasteiger charge is -2.10. The van der Waals surface area contributed by atoms with E-state index < -0.39 is 0 Å². The molecular formula is C18H14N6O. The third-order valence-electron chi connectivity index (χ3n) is 4.28. The third-order valence-corrected chi connectivity index (χ3v) is 4.28. The number of nitrogens with zero attached hydrogens (tertiary/aromatic N) is 3. The van der Waals surface area contributed by atoms with Gasteiger partial charge in [-0.3, -0.25) is 5.10 Å². The Morgan fingerprint density at radius 3 is 2.96 bits per heavy atom. The summed E-state index contributed by atoms with van der Waals surface area (Å²) in [5.74, 6) is 1.40. The number of hydrogen-bond acceptors (Lipinski definition) is 5. The number of aromatic amines is 2. The Balaban J connectivity index is 1.72. The number of aromatic nitrogens is 5. The third kappa shape index (κ3) is 2.09. The Kier molecular flexibility index (Phi) is 2.87. The van der Waals surface area contributed by atoms with E-state index in [0.717, 1.165) is 44.3 Å². The lowest BCUT2D eigenvalue weighted by molar-refractivity contribution is 0.419. The monoisotopic (exact) mass is 330 g/mol. The van der Waals surface area contributed by atoms with E-state index in [9.17, 15) is 0 Å². The van der Waals surface area contributed by atoms with Crippen LogP contribution >= 0.6 is 0 Å². The molecule has 0 amide bonds. The summed E-state index contributed by atoms with van der Waals surface area (Å²) in [6.07, 6.45) is 3.56. The van der Waals surface area contributed by atoms with Crippen molar-refractivity contribution >= 4 is 44.3 Å². The Bertz CT molecular complexity index is 1220. The number of fused-ring (bicyclic) bond motifs is 4. The normalized spacial score (nSPS) is 11.4. The Hall–Kier alpha value is -3.61. The van der Waals surface area contributed by atoms with E-state index in [-0.39, 0.29) is 0 Å². The van der Waals surface area contributed by atoms with Crippen molar-refractivity contribution in [3.05, 3.63) is 48.9 Å². The summed E-state index contributed by atoms with van der Waals surface area (Å²) in [7, 11) is 1.65. The van der Waals surface area contributed by atoms with E-state index in [1.165, 1.54) is 0 Å². The summed E-state index contributed by atoms with van der Waals surface area (Å²) in [5.41, 5.74) is 4.35. The van der Waals surface area contributed by atoms with Gasteiger partial charge in [0.25, 0.3) is 0 Å². The van der Waals surface area contributed by atoms with Gasteiger partial charge in [0.05, 0.1) is 24.5 Å². The van der Waals surface area contributed by atoms with Crippen molar-refractivity contribution in [2.24, 2.45) is 0 Å². The molecule has 25 heavy (non-hydrogen) atoms. The number of anilines is 2. The van der Waals surface area contributed by atoms with Crippen molar-refractivity contribution in [3.63, 3.8) is 0 Å². The molecule has 3 aromatic heterocycles. The van der Waals surface area contributed by atoms with Gasteiger partial charge in [-0.2, -0.15) is 5.10 Å². The number of benzene rings is 2. The lowest BCUT2D eigenvalue weighted by atomic mass is 10.1. The van der Waals surface area contributed by atoms with Crippen molar-refractivity contribution < 1.29 is 4.74 Å². The van der Waals surface area contributed by atoms with Crippen molar-refractivity contribution in [3.8, 4) is 5.75 Å². The minimum Gasteiger partial charge on any atom is -0.494 e. The molecule has 122 valence electrons. The average Bonchev–Trinajstić information content (AvgIpc) is 3.30. The Morgan fingerprint density at radius 1 is 1.08 bits per heavy atom. The van der Waals surface area contributed by atoms with Crippen LogP contribution in [-0.2, 0) is 0 Å². The molecule has 0 fully saturated rings. The van der Waals surface area contributed by atoms with E-state index in [4.69, 9.17) is 9.72 Å². The number of H-pyrrole nitrogens is 2. The van der Waals surface area contributed by atoms with Gasteiger partial charge in [-0.25, -0.2) is 9.97 Å². The van der Waals surface area contributed by atoms with Crippen LogP contribution in [0.25, 0.3) is 32.8 Å².